The molecule has 104 valence electrons. The van der Waals surface area contributed by atoms with Crippen molar-refractivity contribution < 1.29 is 4.79 Å². The molecule has 20 heavy (non-hydrogen) atoms. The molecule has 0 saturated carbocycles. The molecule has 2 aromatic rings. The number of fused-ring (bicyclic) bond motifs is 1. The summed E-state index contributed by atoms with van der Waals surface area (Å²) in [6.07, 6.45) is 7.74. The molecular formula is C15H18N4O. The molecule has 0 aliphatic heterocycles. The zero-order chi connectivity index (χ0) is 13.9. The van der Waals surface area contributed by atoms with Gasteiger partial charge in [-0.2, -0.15) is 0 Å². The summed E-state index contributed by atoms with van der Waals surface area (Å²) in [7, 11) is 1.84. The standard InChI is InChI=1S/C15H18N4O/c1-19-14-8-7-12(9-13(14)17-18-19)15(20)16-10-11-5-3-2-4-6-11/h2-3,7-9,11H,4-6,10H2,1H3,(H,16,20). The number of benzene rings is 1. The van der Waals surface area contributed by atoms with Crippen LogP contribution in [0.4, 0.5) is 0 Å². The van der Waals surface area contributed by atoms with Crippen molar-refractivity contribution in [2.75, 3.05) is 6.54 Å². The number of carbonyl (C=O) groups excluding carboxylic acids is 1. The zero-order valence-corrected chi connectivity index (χ0v) is 11.5. The van der Waals surface area contributed by atoms with E-state index in [4.69, 9.17) is 0 Å². The second-order valence-electron chi connectivity index (χ2n) is 5.28. The first-order valence-corrected chi connectivity index (χ1v) is 6.96. The van der Waals surface area contributed by atoms with Crippen LogP contribution in [0.15, 0.2) is 30.4 Å². The molecule has 0 saturated heterocycles. The Kier molecular flexibility index (Phi) is 3.50. The lowest BCUT2D eigenvalue weighted by molar-refractivity contribution is 0.0946. The van der Waals surface area contributed by atoms with Crippen LogP contribution in [0.2, 0.25) is 0 Å². The molecule has 1 amide bonds. The summed E-state index contributed by atoms with van der Waals surface area (Å²) >= 11 is 0. The molecule has 1 N–H and O–H groups in total. The van der Waals surface area contributed by atoms with Crippen molar-refractivity contribution in [1.29, 1.82) is 0 Å². The Bertz CT molecular complexity index is 659. The Labute approximate surface area is 117 Å². The van der Waals surface area contributed by atoms with Crippen LogP contribution >= 0.6 is 0 Å². The van der Waals surface area contributed by atoms with Gasteiger partial charge < -0.3 is 5.32 Å². The average molecular weight is 270 g/mol. The molecule has 0 spiro atoms. The van der Waals surface area contributed by atoms with Gasteiger partial charge in [-0.1, -0.05) is 17.4 Å². The highest BCUT2D eigenvalue weighted by Crippen LogP contribution is 2.17. The maximum absolute atomic E-state index is 12.2. The van der Waals surface area contributed by atoms with Crippen molar-refractivity contribution in [3.05, 3.63) is 35.9 Å². The van der Waals surface area contributed by atoms with E-state index in [-0.39, 0.29) is 5.91 Å². The molecule has 1 atom stereocenters. The lowest BCUT2D eigenvalue weighted by atomic mass is 9.94. The van der Waals surface area contributed by atoms with Gasteiger partial charge in [-0.15, -0.1) is 5.10 Å². The normalized spacial score (nSPS) is 18.4. The lowest BCUT2D eigenvalue weighted by Crippen LogP contribution is -2.29. The summed E-state index contributed by atoms with van der Waals surface area (Å²) in [5, 5.41) is 11.0. The maximum Gasteiger partial charge on any atom is 0.251 e. The third-order valence-corrected chi connectivity index (χ3v) is 3.80. The maximum atomic E-state index is 12.2. The van der Waals surface area contributed by atoms with Crippen molar-refractivity contribution in [3.63, 3.8) is 0 Å². The number of hydrogen-bond acceptors (Lipinski definition) is 3. The van der Waals surface area contributed by atoms with Crippen LogP contribution in [-0.2, 0) is 7.05 Å². The van der Waals surface area contributed by atoms with E-state index in [0.717, 1.165) is 36.8 Å². The van der Waals surface area contributed by atoms with Crippen molar-refractivity contribution >= 4 is 16.9 Å². The Balaban J connectivity index is 1.67. The molecule has 1 unspecified atom stereocenters. The Morgan fingerprint density at radius 3 is 3.15 bits per heavy atom. The van der Waals surface area contributed by atoms with Crippen LogP contribution < -0.4 is 5.32 Å². The number of nitrogens with zero attached hydrogens (tertiary/aromatic N) is 3. The number of hydrogen-bond donors (Lipinski definition) is 1. The Hall–Kier alpha value is -2.17. The molecule has 5 heteroatoms. The van der Waals surface area contributed by atoms with Crippen molar-refractivity contribution in [1.82, 2.24) is 20.3 Å². The predicted octanol–water partition coefficient (Wildman–Crippen LogP) is 2.05. The molecule has 0 fully saturated rings. The Morgan fingerprint density at radius 2 is 2.35 bits per heavy atom. The molecule has 1 aliphatic carbocycles. The average Bonchev–Trinajstić information content (AvgIpc) is 2.87. The summed E-state index contributed by atoms with van der Waals surface area (Å²) in [4.78, 5) is 12.2. The van der Waals surface area contributed by atoms with Gasteiger partial charge in [0, 0.05) is 19.2 Å². The van der Waals surface area contributed by atoms with Gasteiger partial charge in [-0.25, -0.2) is 4.68 Å². The molecule has 3 rings (SSSR count). The van der Waals surface area contributed by atoms with E-state index in [0.29, 0.717) is 11.5 Å². The number of allylic oxidation sites excluding steroid dienone is 2. The monoisotopic (exact) mass is 270 g/mol. The molecule has 1 aromatic heterocycles. The first kappa shape index (κ1) is 12.8. The largest absolute Gasteiger partial charge is 0.352 e. The van der Waals surface area contributed by atoms with Crippen molar-refractivity contribution in [2.24, 2.45) is 13.0 Å². The SMILES string of the molecule is Cn1nnc2cc(C(=O)NCC3CC=CCC3)ccc21. The predicted molar refractivity (Wildman–Crippen MR) is 77.3 cm³/mol. The first-order chi connectivity index (χ1) is 9.74. The first-order valence-electron chi connectivity index (χ1n) is 6.96. The topological polar surface area (TPSA) is 59.8 Å². The van der Waals surface area contributed by atoms with E-state index >= 15 is 0 Å². The highest BCUT2D eigenvalue weighted by Gasteiger charge is 2.13. The smallest absolute Gasteiger partial charge is 0.251 e. The molecule has 1 aliphatic rings. The second-order valence-corrected chi connectivity index (χ2v) is 5.28. The van der Waals surface area contributed by atoms with Crippen LogP contribution in [0, 0.1) is 5.92 Å². The lowest BCUT2D eigenvalue weighted by Gasteiger charge is -2.18. The fourth-order valence-corrected chi connectivity index (χ4v) is 2.56. The highest BCUT2D eigenvalue weighted by molar-refractivity contribution is 5.97. The zero-order valence-electron chi connectivity index (χ0n) is 11.5. The van der Waals surface area contributed by atoms with Gasteiger partial charge in [0.25, 0.3) is 5.91 Å². The van der Waals surface area contributed by atoms with Crippen molar-refractivity contribution in [2.45, 2.75) is 19.3 Å². The minimum absolute atomic E-state index is 0.0351. The van der Waals surface area contributed by atoms with Gasteiger partial charge in [-0.05, 0) is 43.4 Å². The van der Waals surface area contributed by atoms with Gasteiger partial charge in [0.05, 0.1) is 5.52 Å². The fourth-order valence-electron chi connectivity index (χ4n) is 2.56. The van der Waals surface area contributed by atoms with Gasteiger partial charge in [-0.3, -0.25) is 4.79 Å². The van der Waals surface area contributed by atoms with Gasteiger partial charge in [0.1, 0.15) is 5.52 Å². The van der Waals surface area contributed by atoms with Gasteiger partial charge >= 0.3 is 0 Å². The van der Waals surface area contributed by atoms with Gasteiger partial charge in [0.15, 0.2) is 0 Å². The van der Waals surface area contributed by atoms with E-state index in [1.807, 2.05) is 19.2 Å². The van der Waals surface area contributed by atoms with Crippen LogP contribution in [0.1, 0.15) is 29.6 Å². The summed E-state index contributed by atoms with van der Waals surface area (Å²) < 4.78 is 1.70. The van der Waals surface area contributed by atoms with E-state index in [1.165, 1.54) is 0 Å². The van der Waals surface area contributed by atoms with Gasteiger partial charge in [0.2, 0.25) is 0 Å². The third kappa shape index (κ3) is 2.57. The molecule has 1 heterocycles. The summed E-state index contributed by atoms with van der Waals surface area (Å²) in [5.41, 5.74) is 2.32. The number of rotatable bonds is 3. The summed E-state index contributed by atoms with van der Waals surface area (Å²) in [5.74, 6) is 0.524. The minimum atomic E-state index is -0.0351. The van der Waals surface area contributed by atoms with Crippen LogP contribution in [-0.4, -0.2) is 27.4 Å². The number of nitrogens with one attached hydrogen (secondary N) is 1. The number of amides is 1. The van der Waals surface area contributed by atoms with E-state index in [9.17, 15) is 4.79 Å². The number of carbonyl (C=O) groups is 1. The third-order valence-electron chi connectivity index (χ3n) is 3.80. The van der Waals surface area contributed by atoms with Crippen LogP contribution in [0.3, 0.4) is 0 Å². The molecule has 0 radical (unpaired) electrons. The van der Waals surface area contributed by atoms with E-state index in [1.54, 1.807) is 10.7 Å². The molecule has 5 nitrogen and oxygen atoms in total. The molecule has 1 aromatic carbocycles. The van der Waals surface area contributed by atoms with Crippen molar-refractivity contribution in [3.8, 4) is 0 Å². The fraction of sp³-hybridized carbons (Fsp3) is 0.400. The number of aryl methyl sites for hydroxylation is 1. The summed E-state index contributed by atoms with van der Waals surface area (Å²) in [6.45, 7) is 0.738. The Morgan fingerprint density at radius 1 is 1.45 bits per heavy atom. The highest BCUT2D eigenvalue weighted by atomic mass is 16.1. The molecular weight excluding hydrogens is 252 g/mol. The van der Waals surface area contributed by atoms with E-state index in [2.05, 4.69) is 27.8 Å². The molecule has 0 bridgehead atoms. The second kappa shape index (κ2) is 5.45. The summed E-state index contributed by atoms with van der Waals surface area (Å²) in [6, 6.07) is 5.49. The quantitative estimate of drug-likeness (QED) is 0.868. The number of aromatic nitrogens is 3. The minimum Gasteiger partial charge on any atom is -0.352 e. The van der Waals surface area contributed by atoms with E-state index < -0.39 is 0 Å². The van der Waals surface area contributed by atoms with Crippen LogP contribution in [0.5, 0.6) is 0 Å². The van der Waals surface area contributed by atoms with Crippen LogP contribution in [0.25, 0.3) is 11.0 Å².